The molecular formula is C16H23N3O. The van der Waals surface area contributed by atoms with Crippen LogP contribution >= 0.6 is 0 Å². The molecule has 20 heavy (non-hydrogen) atoms. The summed E-state index contributed by atoms with van der Waals surface area (Å²) in [4.78, 5) is 11.5. The monoisotopic (exact) mass is 273 g/mol. The van der Waals surface area contributed by atoms with E-state index in [0.717, 1.165) is 35.5 Å². The first-order valence-corrected chi connectivity index (χ1v) is 7.42. The van der Waals surface area contributed by atoms with E-state index in [2.05, 4.69) is 24.5 Å². The van der Waals surface area contributed by atoms with Gasteiger partial charge in [-0.3, -0.25) is 4.79 Å². The zero-order chi connectivity index (χ0) is 14.3. The van der Waals surface area contributed by atoms with Crippen molar-refractivity contribution >= 4 is 23.0 Å². The molecule has 0 saturated heterocycles. The maximum Gasteiger partial charge on any atom is 0.224 e. The normalized spacial score (nSPS) is 24.1. The predicted octanol–water partition coefficient (Wildman–Crippen LogP) is 3.14. The molecule has 4 heteroatoms. The number of fused-ring (bicyclic) bond motifs is 1. The molecule has 0 radical (unpaired) electrons. The van der Waals surface area contributed by atoms with Crippen LogP contribution in [-0.4, -0.2) is 11.9 Å². The third-order valence-corrected chi connectivity index (χ3v) is 4.50. The quantitative estimate of drug-likeness (QED) is 0.725. The summed E-state index contributed by atoms with van der Waals surface area (Å²) in [5.41, 5.74) is 10.3. The average molecular weight is 273 g/mol. The van der Waals surface area contributed by atoms with E-state index in [0.29, 0.717) is 17.9 Å². The van der Waals surface area contributed by atoms with Crippen molar-refractivity contribution < 1.29 is 4.79 Å². The van der Waals surface area contributed by atoms with E-state index in [9.17, 15) is 4.79 Å². The molecule has 1 unspecified atom stereocenters. The molecule has 1 amide bonds. The number of nitrogen functional groups attached to an aromatic ring is 1. The van der Waals surface area contributed by atoms with E-state index in [1.807, 2.05) is 12.1 Å². The zero-order valence-corrected chi connectivity index (χ0v) is 12.3. The highest BCUT2D eigenvalue weighted by molar-refractivity contribution is 5.95. The van der Waals surface area contributed by atoms with Gasteiger partial charge in [-0.2, -0.15) is 0 Å². The van der Waals surface area contributed by atoms with Crippen LogP contribution in [0.3, 0.4) is 0 Å². The summed E-state index contributed by atoms with van der Waals surface area (Å²) >= 11 is 0. The van der Waals surface area contributed by atoms with Gasteiger partial charge in [0.1, 0.15) is 0 Å². The van der Waals surface area contributed by atoms with E-state index in [-0.39, 0.29) is 5.91 Å². The van der Waals surface area contributed by atoms with Crippen LogP contribution in [0, 0.1) is 5.41 Å². The first-order chi connectivity index (χ1) is 9.43. The van der Waals surface area contributed by atoms with Crippen LogP contribution < -0.4 is 16.4 Å². The van der Waals surface area contributed by atoms with Crippen LogP contribution in [0.2, 0.25) is 0 Å². The fourth-order valence-electron chi connectivity index (χ4n) is 3.35. The molecule has 0 spiro atoms. The SMILES string of the molecule is CC1(C)CCC(Nc2cc3c(cc2N)CCC(=O)N3)C1. The number of amides is 1. The topological polar surface area (TPSA) is 67.1 Å². The maximum absolute atomic E-state index is 11.5. The van der Waals surface area contributed by atoms with Gasteiger partial charge in [0.05, 0.1) is 11.4 Å². The Balaban J connectivity index is 1.80. The minimum absolute atomic E-state index is 0.0928. The lowest BCUT2D eigenvalue weighted by molar-refractivity contribution is -0.116. The van der Waals surface area contributed by atoms with Crippen LogP contribution in [-0.2, 0) is 11.2 Å². The lowest BCUT2D eigenvalue weighted by Gasteiger charge is -2.23. The van der Waals surface area contributed by atoms with Crippen molar-refractivity contribution in [3.05, 3.63) is 17.7 Å². The Bertz CT molecular complexity index is 551. The van der Waals surface area contributed by atoms with E-state index >= 15 is 0 Å². The minimum atomic E-state index is 0.0928. The van der Waals surface area contributed by atoms with Crippen LogP contribution in [0.4, 0.5) is 17.1 Å². The van der Waals surface area contributed by atoms with Crippen molar-refractivity contribution in [1.82, 2.24) is 0 Å². The number of nitrogens with one attached hydrogen (secondary N) is 2. The fourth-order valence-corrected chi connectivity index (χ4v) is 3.35. The smallest absolute Gasteiger partial charge is 0.224 e. The van der Waals surface area contributed by atoms with E-state index in [4.69, 9.17) is 5.73 Å². The van der Waals surface area contributed by atoms with Gasteiger partial charge in [0.25, 0.3) is 0 Å². The second-order valence-corrected chi connectivity index (χ2v) is 6.89. The van der Waals surface area contributed by atoms with Gasteiger partial charge in [-0.05, 0) is 48.8 Å². The Morgan fingerprint density at radius 3 is 2.85 bits per heavy atom. The standard InChI is InChI=1S/C16H23N3O/c1-16(2)6-5-11(9-16)18-14-8-13-10(7-12(14)17)3-4-15(20)19-13/h7-8,11,18H,3-6,9,17H2,1-2H3,(H,19,20). The molecule has 0 bridgehead atoms. The van der Waals surface area contributed by atoms with Gasteiger partial charge in [-0.1, -0.05) is 13.8 Å². The molecule has 1 saturated carbocycles. The number of nitrogens with two attached hydrogens (primary N) is 1. The number of carbonyl (C=O) groups is 1. The number of benzene rings is 1. The molecule has 1 atom stereocenters. The Labute approximate surface area is 120 Å². The number of rotatable bonds is 2. The number of hydrogen-bond donors (Lipinski definition) is 3. The van der Waals surface area contributed by atoms with Gasteiger partial charge in [-0.25, -0.2) is 0 Å². The van der Waals surface area contributed by atoms with E-state index in [1.165, 1.54) is 12.8 Å². The van der Waals surface area contributed by atoms with Gasteiger partial charge in [0, 0.05) is 18.2 Å². The summed E-state index contributed by atoms with van der Waals surface area (Å²) in [5, 5.41) is 6.49. The number of carbonyl (C=O) groups excluding carboxylic acids is 1. The molecule has 4 N–H and O–H groups in total. The summed E-state index contributed by atoms with van der Waals surface area (Å²) in [7, 11) is 0. The average Bonchev–Trinajstić information content (AvgIpc) is 2.70. The summed E-state index contributed by atoms with van der Waals surface area (Å²) in [6.45, 7) is 4.62. The predicted molar refractivity (Wildman–Crippen MR) is 82.8 cm³/mol. The van der Waals surface area contributed by atoms with Gasteiger partial charge in [0.2, 0.25) is 5.91 Å². The van der Waals surface area contributed by atoms with Gasteiger partial charge in [0.15, 0.2) is 0 Å². The Kier molecular flexibility index (Phi) is 3.11. The van der Waals surface area contributed by atoms with Crippen molar-refractivity contribution in [3.63, 3.8) is 0 Å². The largest absolute Gasteiger partial charge is 0.397 e. The van der Waals surface area contributed by atoms with Crippen LogP contribution in [0.1, 0.15) is 45.1 Å². The molecule has 1 aromatic rings. The van der Waals surface area contributed by atoms with Gasteiger partial charge in [-0.15, -0.1) is 0 Å². The summed E-state index contributed by atoms with van der Waals surface area (Å²) < 4.78 is 0. The Morgan fingerprint density at radius 2 is 2.15 bits per heavy atom. The minimum Gasteiger partial charge on any atom is -0.397 e. The highest BCUT2D eigenvalue weighted by atomic mass is 16.1. The highest BCUT2D eigenvalue weighted by Crippen LogP contribution is 2.39. The van der Waals surface area contributed by atoms with Gasteiger partial charge >= 0.3 is 0 Å². The molecule has 0 aromatic heterocycles. The molecule has 1 fully saturated rings. The van der Waals surface area contributed by atoms with E-state index < -0.39 is 0 Å². The van der Waals surface area contributed by atoms with Crippen LogP contribution in [0.25, 0.3) is 0 Å². The molecule has 108 valence electrons. The molecular weight excluding hydrogens is 250 g/mol. The highest BCUT2D eigenvalue weighted by Gasteiger charge is 2.31. The Morgan fingerprint density at radius 1 is 1.35 bits per heavy atom. The first-order valence-electron chi connectivity index (χ1n) is 7.42. The number of aryl methyl sites for hydroxylation is 1. The van der Waals surface area contributed by atoms with Crippen LogP contribution in [0.5, 0.6) is 0 Å². The van der Waals surface area contributed by atoms with Crippen LogP contribution in [0.15, 0.2) is 12.1 Å². The third-order valence-electron chi connectivity index (χ3n) is 4.50. The van der Waals surface area contributed by atoms with Crippen molar-refractivity contribution in [2.75, 3.05) is 16.4 Å². The molecule has 1 aliphatic carbocycles. The van der Waals surface area contributed by atoms with Crippen molar-refractivity contribution in [2.45, 2.75) is 52.0 Å². The first kappa shape index (κ1) is 13.3. The zero-order valence-electron chi connectivity index (χ0n) is 12.3. The van der Waals surface area contributed by atoms with Crippen molar-refractivity contribution in [2.24, 2.45) is 5.41 Å². The maximum atomic E-state index is 11.5. The summed E-state index contributed by atoms with van der Waals surface area (Å²) in [5.74, 6) is 0.0928. The lowest BCUT2D eigenvalue weighted by Crippen LogP contribution is -2.21. The summed E-state index contributed by atoms with van der Waals surface area (Å²) in [6, 6.07) is 4.47. The molecule has 1 heterocycles. The van der Waals surface area contributed by atoms with E-state index in [1.54, 1.807) is 0 Å². The van der Waals surface area contributed by atoms with Gasteiger partial charge < -0.3 is 16.4 Å². The molecule has 3 rings (SSSR count). The van der Waals surface area contributed by atoms with Crippen molar-refractivity contribution in [1.29, 1.82) is 0 Å². The molecule has 1 aromatic carbocycles. The fraction of sp³-hybridized carbons (Fsp3) is 0.562. The molecule has 2 aliphatic rings. The Hall–Kier alpha value is -1.71. The molecule has 1 aliphatic heterocycles. The summed E-state index contributed by atoms with van der Waals surface area (Å²) in [6.07, 6.45) is 4.91. The number of anilines is 3. The lowest BCUT2D eigenvalue weighted by atomic mass is 9.92. The second-order valence-electron chi connectivity index (χ2n) is 6.89. The number of hydrogen-bond acceptors (Lipinski definition) is 3. The molecule has 4 nitrogen and oxygen atoms in total. The second kappa shape index (κ2) is 4.69. The van der Waals surface area contributed by atoms with Crippen molar-refractivity contribution in [3.8, 4) is 0 Å². The third kappa shape index (κ3) is 2.60.